The summed E-state index contributed by atoms with van der Waals surface area (Å²) in [5.41, 5.74) is 1.87. The number of amides is 1. The number of aryl methyl sites for hydroxylation is 1. The van der Waals surface area contributed by atoms with Gasteiger partial charge in [0.25, 0.3) is 5.91 Å². The van der Waals surface area contributed by atoms with Gasteiger partial charge in [-0.05, 0) is 30.0 Å². The first kappa shape index (κ1) is 21.8. The Kier molecular flexibility index (Phi) is 7.76. The molecule has 1 atom stereocenters. The Hall–Kier alpha value is -1.51. The van der Waals surface area contributed by atoms with Crippen molar-refractivity contribution in [1.29, 1.82) is 0 Å². The van der Waals surface area contributed by atoms with Gasteiger partial charge in [-0.2, -0.15) is 0 Å². The Bertz CT molecular complexity index is 871. The van der Waals surface area contributed by atoms with Crippen molar-refractivity contribution in [3.05, 3.63) is 58.2 Å². The average molecular weight is 443 g/mol. The van der Waals surface area contributed by atoms with Crippen LogP contribution in [0.25, 0.3) is 9.88 Å². The molecule has 144 valence electrons. The molecule has 1 aliphatic heterocycles. The van der Waals surface area contributed by atoms with Gasteiger partial charge in [0.2, 0.25) is 0 Å². The highest BCUT2D eigenvalue weighted by molar-refractivity contribution is 7.22. The lowest BCUT2D eigenvalue weighted by molar-refractivity contribution is 0.0638. The van der Waals surface area contributed by atoms with E-state index in [0.29, 0.717) is 6.54 Å². The van der Waals surface area contributed by atoms with Crippen molar-refractivity contribution in [2.75, 3.05) is 19.6 Å². The third-order valence-corrected chi connectivity index (χ3v) is 6.48. The molecule has 27 heavy (non-hydrogen) atoms. The Balaban J connectivity index is 0.00000131. The second-order valence-corrected chi connectivity index (χ2v) is 7.86. The molecule has 1 unspecified atom stereocenters. The molecule has 0 bridgehead atoms. The summed E-state index contributed by atoms with van der Waals surface area (Å²) >= 11 is 3.14. The van der Waals surface area contributed by atoms with E-state index in [1.807, 2.05) is 47.7 Å². The van der Waals surface area contributed by atoms with Crippen molar-refractivity contribution in [3.8, 4) is 9.88 Å². The number of nitrogens with zero attached hydrogens (tertiary/aromatic N) is 3. The van der Waals surface area contributed by atoms with Crippen LogP contribution in [0.5, 0.6) is 0 Å². The van der Waals surface area contributed by atoms with Gasteiger partial charge in [-0.15, -0.1) is 47.5 Å². The molecule has 1 fully saturated rings. The molecule has 5 nitrogen and oxygen atoms in total. The first-order valence-corrected chi connectivity index (χ1v) is 9.86. The van der Waals surface area contributed by atoms with Crippen LogP contribution in [0.15, 0.2) is 42.0 Å². The number of carbonyl (C=O) groups excluding carboxylic acids is 1. The molecular formula is C18H20Cl2N4OS2. The molecule has 0 aromatic carbocycles. The maximum absolute atomic E-state index is 13.2. The molecular weight excluding hydrogens is 423 g/mol. The molecule has 1 N–H and O–H groups in total. The Morgan fingerprint density at radius 3 is 2.85 bits per heavy atom. The highest BCUT2D eigenvalue weighted by Gasteiger charge is 2.31. The van der Waals surface area contributed by atoms with Gasteiger partial charge in [-0.3, -0.25) is 9.78 Å². The quantitative estimate of drug-likeness (QED) is 0.659. The van der Waals surface area contributed by atoms with Gasteiger partial charge in [-0.1, -0.05) is 12.1 Å². The molecule has 3 aromatic rings. The standard InChI is InChI=1S/C18H18N4OS2.2ClH/c1-12-16(25-17(21-12)15-5-3-9-24-15)18(23)22-8-7-20-11-14(22)13-4-2-6-19-10-13;;/h2-6,9-10,14,20H,7-8,11H2,1H3;2*1H. The van der Waals surface area contributed by atoms with E-state index in [9.17, 15) is 4.79 Å². The summed E-state index contributed by atoms with van der Waals surface area (Å²) in [6.07, 6.45) is 3.60. The number of nitrogens with one attached hydrogen (secondary N) is 1. The molecule has 4 rings (SSSR count). The first-order valence-electron chi connectivity index (χ1n) is 8.17. The second-order valence-electron chi connectivity index (χ2n) is 5.92. The second kappa shape index (κ2) is 9.61. The van der Waals surface area contributed by atoms with Crippen LogP contribution in [-0.2, 0) is 0 Å². The van der Waals surface area contributed by atoms with Crippen LogP contribution >= 0.6 is 47.5 Å². The number of hydrogen-bond acceptors (Lipinski definition) is 6. The zero-order chi connectivity index (χ0) is 17.2. The van der Waals surface area contributed by atoms with Gasteiger partial charge in [0, 0.05) is 32.0 Å². The van der Waals surface area contributed by atoms with Crippen molar-refractivity contribution >= 4 is 53.4 Å². The van der Waals surface area contributed by atoms with E-state index < -0.39 is 0 Å². The predicted molar refractivity (Wildman–Crippen MR) is 116 cm³/mol. The summed E-state index contributed by atoms with van der Waals surface area (Å²) in [5.74, 6) is 0.0631. The normalized spacial score (nSPS) is 16.3. The lowest BCUT2D eigenvalue weighted by atomic mass is 10.0. The van der Waals surface area contributed by atoms with E-state index in [1.165, 1.54) is 11.3 Å². The monoisotopic (exact) mass is 442 g/mol. The number of pyridine rings is 1. The van der Waals surface area contributed by atoms with E-state index in [2.05, 4.69) is 15.3 Å². The van der Waals surface area contributed by atoms with Crippen molar-refractivity contribution in [1.82, 2.24) is 20.2 Å². The van der Waals surface area contributed by atoms with Crippen LogP contribution < -0.4 is 5.32 Å². The summed E-state index contributed by atoms with van der Waals surface area (Å²) < 4.78 is 0. The largest absolute Gasteiger partial charge is 0.328 e. The molecule has 0 aliphatic carbocycles. The smallest absolute Gasteiger partial charge is 0.266 e. The van der Waals surface area contributed by atoms with Crippen molar-refractivity contribution in [2.24, 2.45) is 0 Å². The minimum absolute atomic E-state index is 0. The van der Waals surface area contributed by atoms with E-state index >= 15 is 0 Å². The lowest BCUT2D eigenvalue weighted by Crippen LogP contribution is -2.48. The number of piperazine rings is 1. The third kappa shape index (κ3) is 4.50. The topological polar surface area (TPSA) is 58.1 Å². The Labute approximate surface area is 178 Å². The van der Waals surface area contributed by atoms with E-state index in [4.69, 9.17) is 0 Å². The zero-order valence-electron chi connectivity index (χ0n) is 14.6. The summed E-state index contributed by atoms with van der Waals surface area (Å²) in [6, 6.07) is 8.00. The van der Waals surface area contributed by atoms with Crippen LogP contribution in [0.2, 0.25) is 0 Å². The highest BCUT2D eigenvalue weighted by atomic mass is 35.5. The molecule has 4 heterocycles. The number of halogens is 2. The summed E-state index contributed by atoms with van der Waals surface area (Å²) in [4.78, 5) is 25.9. The maximum Gasteiger partial charge on any atom is 0.266 e. The summed E-state index contributed by atoms with van der Waals surface area (Å²) in [6.45, 7) is 4.15. The van der Waals surface area contributed by atoms with Crippen molar-refractivity contribution in [3.63, 3.8) is 0 Å². The van der Waals surface area contributed by atoms with Gasteiger partial charge in [-0.25, -0.2) is 4.98 Å². The molecule has 3 aromatic heterocycles. The fourth-order valence-electron chi connectivity index (χ4n) is 3.05. The van der Waals surface area contributed by atoms with Crippen LogP contribution in [0.3, 0.4) is 0 Å². The number of aromatic nitrogens is 2. The Morgan fingerprint density at radius 2 is 2.15 bits per heavy atom. The predicted octanol–water partition coefficient (Wildman–Crippen LogP) is 4.21. The van der Waals surface area contributed by atoms with E-state index in [1.54, 1.807) is 17.5 Å². The first-order chi connectivity index (χ1) is 12.2. The minimum atomic E-state index is 0. The molecule has 0 spiro atoms. The number of rotatable bonds is 3. The highest BCUT2D eigenvalue weighted by Crippen LogP contribution is 2.33. The van der Waals surface area contributed by atoms with Gasteiger partial charge < -0.3 is 10.2 Å². The number of thiophene rings is 1. The van der Waals surface area contributed by atoms with Gasteiger partial charge in [0.05, 0.1) is 16.6 Å². The van der Waals surface area contributed by atoms with Gasteiger partial charge in [0.15, 0.2) is 0 Å². The maximum atomic E-state index is 13.2. The summed E-state index contributed by atoms with van der Waals surface area (Å²) in [7, 11) is 0. The SMILES string of the molecule is Cc1nc(-c2cccs2)sc1C(=O)N1CCNCC1c1cccnc1.Cl.Cl. The fourth-order valence-corrected chi connectivity index (χ4v) is 4.87. The fraction of sp³-hybridized carbons (Fsp3) is 0.278. The molecule has 0 radical (unpaired) electrons. The third-order valence-electron chi connectivity index (χ3n) is 4.30. The van der Waals surface area contributed by atoms with Gasteiger partial charge >= 0.3 is 0 Å². The van der Waals surface area contributed by atoms with E-state index in [0.717, 1.165) is 39.1 Å². The summed E-state index contributed by atoms with van der Waals surface area (Å²) in [5, 5.41) is 6.33. The van der Waals surface area contributed by atoms with Crippen molar-refractivity contribution in [2.45, 2.75) is 13.0 Å². The molecule has 1 amide bonds. The van der Waals surface area contributed by atoms with Crippen molar-refractivity contribution < 1.29 is 4.79 Å². The molecule has 0 saturated carbocycles. The Morgan fingerprint density at radius 1 is 1.30 bits per heavy atom. The average Bonchev–Trinajstić information content (AvgIpc) is 3.31. The zero-order valence-corrected chi connectivity index (χ0v) is 17.9. The van der Waals surface area contributed by atoms with E-state index in [-0.39, 0.29) is 36.8 Å². The number of hydrogen-bond donors (Lipinski definition) is 1. The number of carbonyl (C=O) groups is 1. The molecule has 9 heteroatoms. The van der Waals surface area contributed by atoms with Crippen LogP contribution in [0.4, 0.5) is 0 Å². The van der Waals surface area contributed by atoms with Gasteiger partial charge in [0.1, 0.15) is 9.88 Å². The van der Waals surface area contributed by atoms with Crippen LogP contribution in [0, 0.1) is 6.92 Å². The van der Waals surface area contributed by atoms with Crippen LogP contribution in [-0.4, -0.2) is 40.4 Å². The molecule has 1 saturated heterocycles. The molecule has 1 aliphatic rings. The number of thiazole rings is 1. The van der Waals surface area contributed by atoms with Crippen LogP contribution in [0.1, 0.15) is 27.0 Å². The minimum Gasteiger partial charge on any atom is -0.328 e. The lowest BCUT2D eigenvalue weighted by Gasteiger charge is -2.36.